The van der Waals surface area contributed by atoms with Crippen molar-refractivity contribution >= 4 is 27.6 Å². The Hall–Kier alpha value is -1.12. The molecule has 1 aromatic heterocycles. The summed E-state index contributed by atoms with van der Waals surface area (Å²) in [5, 5.41) is 12.3. The fourth-order valence-electron chi connectivity index (χ4n) is 1.73. The van der Waals surface area contributed by atoms with Gasteiger partial charge in [0.05, 0.1) is 11.2 Å². The number of hydrogen-bond acceptors (Lipinski definition) is 4. The van der Waals surface area contributed by atoms with Gasteiger partial charge in [-0.1, -0.05) is 24.4 Å². The van der Waals surface area contributed by atoms with Crippen LogP contribution in [0.5, 0.6) is 0 Å². The first-order valence-corrected chi connectivity index (χ1v) is 8.09. The molecule has 0 bridgehead atoms. The van der Waals surface area contributed by atoms with Gasteiger partial charge in [0.2, 0.25) is 0 Å². The second-order valence-corrected chi connectivity index (χ2v) is 6.47. The highest BCUT2D eigenvalue weighted by Crippen LogP contribution is 2.19. The number of aromatic nitrogens is 2. The summed E-state index contributed by atoms with van der Waals surface area (Å²) in [6.07, 6.45) is 4.22. The minimum absolute atomic E-state index is 0.0509. The molecule has 0 amide bonds. The minimum Gasteiger partial charge on any atom is -0.481 e. The number of rotatable bonds is 9. The Labute approximate surface area is 123 Å². The number of carbonyl (C=O) groups is 1. The monoisotopic (exact) mass is 323 g/mol. The van der Waals surface area contributed by atoms with Crippen LogP contribution < -0.4 is 4.72 Å². The molecule has 0 atom stereocenters. The molecule has 2 N–H and O–H groups in total. The lowest BCUT2D eigenvalue weighted by atomic mass is 10.1. The molecule has 0 fully saturated rings. The molecule has 9 heteroatoms. The highest BCUT2D eigenvalue weighted by Gasteiger charge is 2.21. The Bertz CT molecular complexity index is 537. The lowest BCUT2D eigenvalue weighted by molar-refractivity contribution is -0.137. The topological polar surface area (TPSA) is 101 Å². The Kier molecular flexibility index (Phi) is 6.44. The summed E-state index contributed by atoms with van der Waals surface area (Å²) in [7, 11) is -2.15. The van der Waals surface area contributed by atoms with E-state index < -0.39 is 16.0 Å². The molecule has 0 aliphatic rings. The number of halogens is 1. The van der Waals surface area contributed by atoms with E-state index in [0.717, 1.165) is 12.8 Å². The number of nitrogens with zero attached hydrogens (tertiary/aromatic N) is 2. The van der Waals surface area contributed by atoms with Crippen molar-refractivity contribution in [1.29, 1.82) is 0 Å². The smallest absolute Gasteiger partial charge is 0.303 e. The molecule has 0 saturated heterocycles. The van der Waals surface area contributed by atoms with Crippen molar-refractivity contribution in [2.24, 2.45) is 7.05 Å². The van der Waals surface area contributed by atoms with Gasteiger partial charge in [0.25, 0.3) is 10.0 Å². The number of carboxylic acid groups (broad SMARTS) is 1. The first-order chi connectivity index (χ1) is 9.34. The number of carboxylic acids is 1. The van der Waals surface area contributed by atoms with Gasteiger partial charge in [0.1, 0.15) is 0 Å². The Balaban J connectivity index is 2.33. The molecule has 1 aromatic rings. The fourth-order valence-corrected chi connectivity index (χ4v) is 3.46. The molecule has 0 aliphatic heterocycles. The second-order valence-electron chi connectivity index (χ2n) is 4.38. The molecule has 0 aromatic carbocycles. The summed E-state index contributed by atoms with van der Waals surface area (Å²) in [6, 6.07) is 0. The number of aryl methyl sites for hydroxylation is 1. The molecule has 0 radical (unpaired) electrons. The quantitative estimate of drug-likeness (QED) is 0.669. The maximum Gasteiger partial charge on any atom is 0.303 e. The van der Waals surface area contributed by atoms with E-state index in [0.29, 0.717) is 12.8 Å². The van der Waals surface area contributed by atoms with E-state index in [9.17, 15) is 13.2 Å². The number of nitrogens with one attached hydrogen (secondary N) is 1. The Morgan fingerprint density at radius 1 is 1.40 bits per heavy atom. The average Bonchev–Trinajstić information content (AvgIpc) is 2.68. The van der Waals surface area contributed by atoms with Crippen LogP contribution in [-0.4, -0.2) is 35.8 Å². The molecule has 1 rings (SSSR count). The Morgan fingerprint density at radius 3 is 2.60 bits per heavy atom. The number of sulfonamides is 1. The third kappa shape index (κ3) is 5.10. The number of hydrogen-bond donors (Lipinski definition) is 2. The van der Waals surface area contributed by atoms with Gasteiger partial charge in [-0.2, -0.15) is 5.10 Å². The molecule has 114 valence electrons. The highest BCUT2D eigenvalue weighted by atomic mass is 35.5. The van der Waals surface area contributed by atoms with Crippen molar-refractivity contribution in [2.75, 3.05) is 6.54 Å². The average molecular weight is 324 g/mol. The van der Waals surface area contributed by atoms with Crippen LogP contribution in [0.2, 0.25) is 5.02 Å². The summed E-state index contributed by atoms with van der Waals surface area (Å²) in [6.45, 7) is 0.289. The SMILES string of the molecule is Cn1ncc(Cl)c1S(=O)(=O)NCCCCCCC(=O)O. The predicted molar refractivity (Wildman–Crippen MR) is 74.1 cm³/mol. The van der Waals surface area contributed by atoms with Crippen LogP contribution in [0.3, 0.4) is 0 Å². The Morgan fingerprint density at radius 2 is 2.05 bits per heavy atom. The molecular formula is C11H18ClN3O4S. The lowest BCUT2D eigenvalue weighted by Gasteiger charge is -2.07. The zero-order chi connectivity index (χ0) is 15.2. The first kappa shape index (κ1) is 16.9. The van der Waals surface area contributed by atoms with Gasteiger partial charge in [0.15, 0.2) is 5.03 Å². The van der Waals surface area contributed by atoms with Crippen LogP contribution >= 0.6 is 11.6 Å². The molecule has 0 aliphatic carbocycles. The molecule has 0 saturated carbocycles. The van der Waals surface area contributed by atoms with Crippen molar-refractivity contribution in [1.82, 2.24) is 14.5 Å². The van der Waals surface area contributed by atoms with Gasteiger partial charge < -0.3 is 5.11 Å². The van der Waals surface area contributed by atoms with Gasteiger partial charge in [0, 0.05) is 20.0 Å². The molecule has 0 unspecified atom stereocenters. The molecule has 0 spiro atoms. The van der Waals surface area contributed by atoms with Gasteiger partial charge in [-0.05, 0) is 12.8 Å². The maximum atomic E-state index is 12.0. The largest absolute Gasteiger partial charge is 0.481 e. The summed E-state index contributed by atoms with van der Waals surface area (Å²) in [4.78, 5) is 10.3. The molecule has 7 nitrogen and oxygen atoms in total. The summed E-state index contributed by atoms with van der Waals surface area (Å²) in [5.74, 6) is -0.809. The van der Waals surface area contributed by atoms with Crippen LogP contribution in [0, 0.1) is 0 Å². The lowest BCUT2D eigenvalue weighted by Crippen LogP contribution is -2.27. The third-order valence-corrected chi connectivity index (χ3v) is 4.67. The van der Waals surface area contributed by atoms with E-state index >= 15 is 0 Å². The van der Waals surface area contributed by atoms with Crippen LogP contribution in [0.4, 0.5) is 0 Å². The van der Waals surface area contributed by atoms with Gasteiger partial charge >= 0.3 is 5.97 Å². The van der Waals surface area contributed by atoms with Gasteiger partial charge in [-0.25, -0.2) is 13.1 Å². The normalized spacial score (nSPS) is 11.7. The van der Waals surface area contributed by atoms with Crippen LogP contribution in [0.25, 0.3) is 0 Å². The van der Waals surface area contributed by atoms with Crippen LogP contribution in [-0.2, 0) is 21.9 Å². The summed E-state index contributed by atoms with van der Waals surface area (Å²) >= 11 is 5.78. The minimum atomic E-state index is -3.66. The van der Waals surface area contributed by atoms with E-state index in [1.54, 1.807) is 0 Å². The molecule has 1 heterocycles. The van der Waals surface area contributed by atoms with Gasteiger partial charge in [-0.15, -0.1) is 0 Å². The highest BCUT2D eigenvalue weighted by molar-refractivity contribution is 7.89. The van der Waals surface area contributed by atoms with Gasteiger partial charge in [-0.3, -0.25) is 9.48 Å². The summed E-state index contributed by atoms with van der Waals surface area (Å²) < 4.78 is 27.6. The van der Waals surface area contributed by atoms with Crippen molar-refractivity contribution in [2.45, 2.75) is 37.1 Å². The van der Waals surface area contributed by atoms with Crippen LogP contribution in [0.1, 0.15) is 32.1 Å². The van der Waals surface area contributed by atoms with Crippen molar-refractivity contribution < 1.29 is 18.3 Å². The van der Waals surface area contributed by atoms with Crippen molar-refractivity contribution in [3.05, 3.63) is 11.2 Å². The standard InChI is InChI=1S/C11H18ClN3O4S/c1-15-11(9(12)8-13-15)20(18,19)14-7-5-3-2-4-6-10(16)17/h8,14H,2-7H2,1H3,(H,16,17). The number of aliphatic carboxylic acids is 1. The zero-order valence-electron chi connectivity index (χ0n) is 11.2. The maximum absolute atomic E-state index is 12.0. The first-order valence-electron chi connectivity index (χ1n) is 6.23. The number of unbranched alkanes of at least 4 members (excludes halogenated alkanes) is 3. The van der Waals surface area contributed by atoms with Crippen molar-refractivity contribution in [3.63, 3.8) is 0 Å². The van der Waals surface area contributed by atoms with E-state index in [-0.39, 0.29) is 23.0 Å². The van der Waals surface area contributed by atoms with E-state index in [1.165, 1.54) is 17.9 Å². The predicted octanol–water partition coefficient (Wildman–Crippen LogP) is 1.39. The van der Waals surface area contributed by atoms with Crippen molar-refractivity contribution in [3.8, 4) is 0 Å². The molecule has 20 heavy (non-hydrogen) atoms. The third-order valence-electron chi connectivity index (χ3n) is 2.71. The van der Waals surface area contributed by atoms with E-state index in [4.69, 9.17) is 16.7 Å². The van der Waals surface area contributed by atoms with Crippen LogP contribution in [0.15, 0.2) is 11.2 Å². The zero-order valence-corrected chi connectivity index (χ0v) is 12.7. The summed E-state index contributed by atoms with van der Waals surface area (Å²) in [5.41, 5.74) is 0. The molecular weight excluding hydrogens is 306 g/mol. The second kappa shape index (κ2) is 7.61. The fraction of sp³-hybridized carbons (Fsp3) is 0.636. The van der Waals surface area contributed by atoms with E-state index in [2.05, 4.69) is 9.82 Å². The van der Waals surface area contributed by atoms with E-state index in [1.807, 2.05) is 0 Å².